The van der Waals surface area contributed by atoms with Crippen LogP contribution >= 0.6 is 0 Å². The lowest BCUT2D eigenvalue weighted by Gasteiger charge is -2.30. The maximum Gasteiger partial charge on any atom is 0.329 e. The normalized spacial score (nSPS) is 11.4. The Morgan fingerprint density at radius 2 is 1.90 bits per heavy atom. The average molecular weight is 292 g/mol. The first kappa shape index (κ1) is 16.4. The van der Waals surface area contributed by atoms with Gasteiger partial charge in [-0.05, 0) is 26.0 Å². The van der Waals surface area contributed by atoms with Gasteiger partial charge >= 0.3 is 5.97 Å². The van der Waals surface area contributed by atoms with Gasteiger partial charge in [0, 0.05) is 19.2 Å². The Bertz CT molecular complexity index is 607. The second-order valence-electron chi connectivity index (χ2n) is 4.91. The summed E-state index contributed by atoms with van der Waals surface area (Å²) in [5.74, 6) is -1.70. The Kier molecular flexibility index (Phi) is 4.80. The van der Waals surface area contributed by atoms with E-state index < -0.39 is 22.3 Å². The number of carbonyl (C=O) groups excluding carboxylic acids is 1. The molecule has 0 fully saturated rings. The summed E-state index contributed by atoms with van der Waals surface area (Å²) in [6.45, 7) is 2.79. The van der Waals surface area contributed by atoms with Gasteiger partial charge < -0.3 is 10.0 Å². The number of amides is 1. The number of nitrogens with zero attached hydrogens (tertiary/aromatic N) is 2. The van der Waals surface area contributed by atoms with Crippen molar-refractivity contribution < 1.29 is 19.6 Å². The van der Waals surface area contributed by atoms with E-state index in [2.05, 4.69) is 0 Å². The molecule has 7 heteroatoms. The predicted octanol–water partition coefficient (Wildman–Crippen LogP) is 1.93. The number of nitro benzene ring substituents is 1. The number of nitro groups is 1. The summed E-state index contributed by atoms with van der Waals surface area (Å²) >= 11 is 0. The molecule has 1 aromatic carbocycles. The van der Waals surface area contributed by atoms with Gasteiger partial charge in [0.05, 0.1) is 10.5 Å². The molecule has 7 nitrogen and oxygen atoms in total. The Labute approximate surface area is 121 Å². The van der Waals surface area contributed by atoms with Crippen LogP contribution in [0.4, 0.5) is 5.69 Å². The van der Waals surface area contributed by atoms with Crippen LogP contribution in [0.1, 0.15) is 19.4 Å². The molecule has 21 heavy (non-hydrogen) atoms. The summed E-state index contributed by atoms with van der Waals surface area (Å²) in [5.41, 5.74) is -1.22. The number of carboxylic acids is 1. The third-order valence-electron chi connectivity index (χ3n) is 3.23. The van der Waals surface area contributed by atoms with Crippen LogP contribution in [-0.2, 0) is 9.59 Å². The zero-order chi connectivity index (χ0) is 16.2. The minimum Gasteiger partial charge on any atom is -0.480 e. The van der Waals surface area contributed by atoms with E-state index >= 15 is 0 Å². The lowest BCUT2D eigenvalue weighted by Crippen LogP contribution is -2.50. The Morgan fingerprint density at radius 3 is 2.43 bits per heavy atom. The molecule has 0 radical (unpaired) electrons. The highest BCUT2D eigenvalue weighted by Crippen LogP contribution is 2.19. The van der Waals surface area contributed by atoms with Crippen LogP contribution in [0.5, 0.6) is 0 Å². The molecule has 0 saturated carbocycles. The number of hydrogen-bond donors (Lipinski definition) is 1. The Morgan fingerprint density at radius 1 is 1.33 bits per heavy atom. The highest BCUT2D eigenvalue weighted by Gasteiger charge is 2.34. The third-order valence-corrected chi connectivity index (χ3v) is 3.23. The lowest BCUT2D eigenvalue weighted by atomic mass is 10.0. The first-order valence-electron chi connectivity index (χ1n) is 6.10. The number of rotatable bonds is 5. The summed E-state index contributed by atoms with van der Waals surface area (Å²) in [7, 11) is 1.36. The van der Waals surface area contributed by atoms with Gasteiger partial charge in [-0.25, -0.2) is 4.79 Å². The van der Waals surface area contributed by atoms with Crippen LogP contribution in [0.2, 0.25) is 0 Å². The SMILES string of the molecule is CN(C(=O)C=Cc1ccccc1[N+](=O)[O-])C(C)(C)C(=O)O. The first-order valence-corrected chi connectivity index (χ1v) is 6.10. The van der Waals surface area contributed by atoms with Gasteiger partial charge in [0.1, 0.15) is 5.54 Å². The second kappa shape index (κ2) is 6.17. The van der Waals surface area contributed by atoms with E-state index in [9.17, 15) is 19.7 Å². The number of carboxylic acid groups (broad SMARTS) is 1. The van der Waals surface area contributed by atoms with E-state index in [1.165, 1.54) is 45.2 Å². The lowest BCUT2D eigenvalue weighted by molar-refractivity contribution is -0.385. The Balaban J connectivity index is 2.99. The summed E-state index contributed by atoms with van der Waals surface area (Å²) in [4.78, 5) is 34.4. The molecule has 1 rings (SSSR count). The molecule has 0 bridgehead atoms. The van der Waals surface area contributed by atoms with Crippen molar-refractivity contribution >= 4 is 23.6 Å². The second-order valence-corrected chi connectivity index (χ2v) is 4.91. The van der Waals surface area contributed by atoms with E-state index in [4.69, 9.17) is 5.11 Å². The molecule has 0 saturated heterocycles. The van der Waals surface area contributed by atoms with Gasteiger partial charge in [0.2, 0.25) is 5.91 Å². The fraction of sp³-hybridized carbons (Fsp3) is 0.286. The van der Waals surface area contributed by atoms with E-state index in [1.54, 1.807) is 6.07 Å². The van der Waals surface area contributed by atoms with Gasteiger partial charge in [0.25, 0.3) is 5.69 Å². The predicted molar refractivity (Wildman–Crippen MR) is 76.6 cm³/mol. The monoisotopic (exact) mass is 292 g/mol. The van der Waals surface area contributed by atoms with Crippen molar-refractivity contribution in [3.63, 3.8) is 0 Å². The van der Waals surface area contributed by atoms with E-state index in [0.29, 0.717) is 0 Å². The van der Waals surface area contributed by atoms with Gasteiger partial charge in [-0.15, -0.1) is 0 Å². The molecule has 1 N–H and O–H groups in total. The van der Waals surface area contributed by atoms with Crippen molar-refractivity contribution in [1.82, 2.24) is 4.90 Å². The molecule has 0 aliphatic heterocycles. The number of para-hydroxylation sites is 1. The number of aliphatic carboxylic acids is 1. The minimum absolute atomic E-state index is 0.123. The molecular weight excluding hydrogens is 276 g/mol. The van der Waals surface area contributed by atoms with Gasteiger partial charge in [-0.3, -0.25) is 14.9 Å². The Hall–Kier alpha value is -2.70. The molecule has 0 atom stereocenters. The molecular formula is C14H16N2O5. The molecule has 0 aliphatic carbocycles. The topological polar surface area (TPSA) is 101 Å². The van der Waals surface area contributed by atoms with Crippen molar-refractivity contribution in [2.75, 3.05) is 7.05 Å². The number of likely N-dealkylation sites (N-methyl/N-ethyl adjacent to an activating group) is 1. The zero-order valence-electron chi connectivity index (χ0n) is 11.9. The molecule has 0 aromatic heterocycles. The minimum atomic E-state index is -1.37. The summed E-state index contributed by atoms with van der Waals surface area (Å²) in [6, 6.07) is 5.97. The van der Waals surface area contributed by atoms with E-state index in [-0.39, 0.29) is 11.3 Å². The molecule has 0 unspecified atom stereocenters. The largest absolute Gasteiger partial charge is 0.480 e. The first-order chi connectivity index (χ1) is 9.67. The maximum absolute atomic E-state index is 12.0. The number of hydrogen-bond acceptors (Lipinski definition) is 4. The van der Waals surface area contributed by atoms with Crippen molar-refractivity contribution in [2.45, 2.75) is 19.4 Å². The summed E-state index contributed by atoms with van der Waals surface area (Å²) in [5, 5.41) is 19.9. The summed E-state index contributed by atoms with van der Waals surface area (Å²) in [6.07, 6.45) is 2.42. The van der Waals surface area contributed by atoms with Gasteiger partial charge in [0.15, 0.2) is 0 Å². The highest BCUT2D eigenvalue weighted by atomic mass is 16.6. The smallest absolute Gasteiger partial charge is 0.329 e. The molecule has 1 amide bonds. The van der Waals surface area contributed by atoms with Crippen LogP contribution < -0.4 is 0 Å². The highest BCUT2D eigenvalue weighted by molar-refractivity contribution is 5.95. The quantitative estimate of drug-likeness (QED) is 0.507. The van der Waals surface area contributed by atoms with E-state index in [1.807, 2.05) is 0 Å². The average Bonchev–Trinajstić information content (AvgIpc) is 2.43. The van der Waals surface area contributed by atoms with Crippen molar-refractivity contribution in [3.8, 4) is 0 Å². The van der Waals surface area contributed by atoms with Crippen molar-refractivity contribution in [1.29, 1.82) is 0 Å². The van der Waals surface area contributed by atoms with Gasteiger partial charge in [-0.2, -0.15) is 0 Å². The van der Waals surface area contributed by atoms with E-state index in [0.717, 1.165) is 11.0 Å². The van der Waals surface area contributed by atoms with Crippen LogP contribution in [0.3, 0.4) is 0 Å². The number of carbonyl (C=O) groups is 2. The molecule has 0 spiro atoms. The molecule has 0 aliphatic rings. The van der Waals surface area contributed by atoms with Crippen LogP contribution in [-0.4, -0.2) is 39.4 Å². The van der Waals surface area contributed by atoms with Crippen molar-refractivity contribution in [3.05, 3.63) is 46.0 Å². The molecule has 0 heterocycles. The van der Waals surface area contributed by atoms with Crippen LogP contribution in [0.25, 0.3) is 6.08 Å². The fourth-order valence-electron chi connectivity index (χ4n) is 1.49. The van der Waals surface area contributed by atoms with Crippen LogP contribution in [0.15, 0.2) is 30.3 Å². The fourth-order valence-corrected chi connectivity index (χ4v) is 1.49. The molecule has 112 valence electrons. The standard InChI is InChI=1S/C14H16N2O5/c1-14(2,13(18)19)15(3)12(17)9-8-10-6-4-5-7-11(10)16(20)21/h4-9H,1-3H3,(H,18,19). The molecule has 1 aromatic rings. The van der Waals surface area contributed by atoms with Gasteiger partial charge in [-0.1, -0.05) is 12.1 Å². The maximum atomic E-state index is 12.0. The van der Waals surface area contributed by atoms with Crippen molar-refractivity contribution in [2.24, 2.45) is 0 Å². The summed E-state index contributed by atoms with van der Waals surface area (Å²) < 4.78 is 0. The van der Waals surface area contributed by atoms with Crippen LogP contribution in [0, 0.1) is 10.1 Å². The zero-order valence-corrected chi connectivity index (χ0v) is 11.9. The third kappa shape index (κ3) is 3.65. The number of benzene rings is 1.